The summed E-state index contributed by atoms with van der Waals surface area (Å²) in [5.74, 6) is 1.36. The number of hydrogen-bond donors (Lipinski definition) is 1. The average Bonchev–Trinajstić information content (AvgIpc) is 2.48. The van der Waals surface area contributed by atoms with Crippen LogP contribution in [0.2, 0.25) is 0 Å². The van der Waals surface area contributed by atoms with Crippen molar-refractivity contribution in [3.8, 4) is 11.5 Å². The standard InChI is InChI=1S/C15H17NO3S/c1-2-20(17,18)15-8-6-13(7-9-15)19-14-5-3-4-12(10-14)11-16/h3-10H,2,11,16H2,1H3. The van der Waals surface area contributed by atoms with E-state index in [4.69, 9.17) is 10.5 Å². The summed E-state index contributed by atoms with van der Waals surface area (Å²) in [7, 11) is -3.17. The van der Waals surface area contributed by atoms with Crippen molar-refractivity contribution in [2.24, 2.45) is 5.73 Å². The van der Waals surface area contributed by atoms with Crippen LogP contribution < -0.4 is 10.5 Å². The Balaban J connectivity index is 2.18. The van der Waals surface area contributed by atoms with E-state index in [1.54, 1.807) is 31.2 Å². The van der Waals surface area contributed by atoms with Gasteiger partial charge in [0.05, 0.1) is 10.6 Å². The molecule has 0 saturated heterocycles. The van der Waals surface area contributed by atoms with E-state index in [0.717, 1.165) is 5.56 Å². The molecule has 2 rings (SSSR count). The van der Waals surface area contributed by atoms with Gasteiger partial charge in [0.15, 0.2) is 9.84 Å². The Hall–Kier alpha value is -1.85. The van der Waals surface area contributed by atoms with Gasteiger partial charge in [-0.25, -0.2) is 8.42 Å². The molecule has 0 aromatic heterocycles. The number of rotatable bonds is 5. The monoisotopic (exact) mass is 291 g/mol. The molecule has 2 aromatic carbocycles. The second-order valence-corrected chi connectivity index (χ2v) is 6.61. The minimum atomic E-state index is -3.17. The summed E-state index contributed by atoms with van der Waals surface area (Å²) in [6, 6.07) is 13.9. The lowest BCUT2D eigenvalue weighted by Crippen LogP contribution is -2.03. The van der Waals surface area contributed by atoms with Gasteiger partial charge in [-0.15, -0.1) is 0 Å². The summed E-state index contributed by atoms with van der Waals surface area (Å²) in [6.07, 6.45) is 0. The van der Waals surface area contributed by atoms with E-state index in [1.807, 2.05) is 24.3 Å². The molecule has 0 spiro atoms. The molecule has 5 heteroatoms. The smallest absolute Gasteiger partial charge is 0.178 e. The van der Waals surface area contributed by atoms with E-state index < -0.39 is 9.84 Å². The van der Waals surface area contributed by atoms with Crippen LogP contribution in [0, 0.1) is 0 Å². The molecule has 0 radical (unpaired) electrons. The third kappa shape index (κ3) is 3.37. The summed E-state index contributed by atoms with van der Waals surface area (Å²) in [4.78, 5) is 0.308. The number of sulfone groups is 1. The average molecular weight is 291 g/mol. The van der Waals surface area contributed by atoms with Crippen molar-refractivity contribution in [2.45, 2.75) is 18.4 Å². The Bertz CT molecular complexity index is 679. The van der Waals surface area contributed by atoms with Crippen molar-refractivity contribution in [1.82, 2.24) is 0 Å². The first-order valence-corrected chi connectivity index (χ1v) is 8.00. The zero-order valence-corrected chi connectivity index (χ0v) is 12.1. The van der Waals surface area contributed by atoms with Crippen molar-refractivity contribution in [1.29, 1.82) is 0 Å². The van der Waals surface area contributed by atoms with E-state index in [9.17, 15) is 8.42 Å². The third-order valence-corrected chi connectivity index (χ3v) is 4.68. The van der Waals surface area contributed by atoms with Crippen LogP contribution in [-0.2, 0) is 16.4 Å². The molecule has 20 heavy (non-hydrogen) atoms. The molecule has 106 valence electrons. The first-order valence-electron chi connectivity index (χ1n) is 6.35. The van der Waals surface area contributed by atoms with Gasteiger partial charge in [-0.1, -0.05) is 19.1 Å². The lowest BCUT2D eigenvalue weighted by molar-refractivity contribution is 0.481. The fourth-order valence-corrected chi connectivity index (χ4v) is 2.64. The Morgan fingerprint density at radius 3 is 2.35 bits per heavy atom. The third-order valence-electron chi connectivity index (χ3n) is 2.93. The van der Waals surface area contributed by atoms with Crippen LogP contribution >= 0.6 is 0 Å². The zero-order chi connectivity index (χ0) is 14.6. The Kier molecular flexibility index (Phi) is 4.42. The largest absolute Gasteiger partial charge is 0.457 e. The van der Waals surface area contributed by atoms with Gasteiger partial charge in [0.2, 0.25) is 0 Å². The highest BCUT2D eigenvalue weighted by atomic mass is 32.2. The van der Waals surface area contributed by atoms with Crippen LogP contribution in [0.15, 0.2) is 53.4 Å². The van der Waals surface area contributed by atoms with Gasteiger partial charge in [0, 0.05) is 6.54 Å². The topological polar surface area (TPSA) is 69.4 Å². The number of hydrogen-bond acceptors (Lipinski definition) is 4. The van der Waals surface area contributed by atoms with Gasteiger partial charge >= 0.3 is 0 Å². The van der Waals surface area contributed by atoms with Gasteiger partial charge in [0.25, 0.3) is 0 Å². The Labute approximate surface area is 119 Å². The Morgan fingerprint density at radius 2 is 1.75 bits per heavy atom. The molecule has 0 bridgehead atoms. The van der Waals surface area contributed by atoms with Crippen LogP contribution in [0.1, 0.15) is 12.5 Å². The molecule has 0 heterocycles. The summed E-state index contributed by atoms with van der Waals surface area (Å²) < 4.78 is 29.1. The first-order chi connectivity index (χ1) is 9.55. The fraction of sp³-hybridized carbons (Fsp3) is 0.200. The highest BCUT2D eigenvalue weighted by molar-refractivity contribution is 7.91. The molecule has 0 aliphatic carbocycles. The van der Waals surface area contributed by atoms with E-state index in [0.29, 0.717) is 22.9 Å². The second-order valence-electron chi connectivity index (χ2n) is 4.33. The van der Waals surface area contributed by atoms with E-state index in [1.165, 1.54) is 0 Å². The predicted molar refractivity (Wildman–Crippen MR) is 78.6 cm³/mol. The number of nitrogens with two attached hydrogens (primary N) is 1. The highest BCUT2D eigenvalue weighted by Gasteiger charge is 2.11. The maximum absolute atomic E-state index is 11.7. The predicted octanol–water partition coefficient (Wildman–Crippen LogP) is 2.73. The minimum Gasteiger partial charge on any atom is -0.457 e. The molecule has 0 fully saturated rings. The second kappa shape index (κ2) is 6.07. The lowest BCUT2D eigenvalue weighted by atomic mass is 10.2. The van der Waals surface area contributed by atoms with Crippen molar-refractivity contribution < 1.29 is 13.2 Å². The van der Waals surface area contributed by atoms with Gasteiger partial charge in [-0.05, 0) is 42.0 Å². The van der Waals surface area contributed by atoms with Gasteiger partial charge in [-0.3, -0.25) is 0 Å². The Morgan fingerprint density at radius 1 is 1.05 bits per heavy atom. The molecule has 0 saturated carbocycles. The first kappa shape index (κ1) is 14.6. The lowest BCUT2D eigenvalue weighted by Gasteiger charge is -2.08. The van der Waals surface area contributed by atoms with Crippen LogP contribution in [0.3, 0.4) is 0 Å². The molecule has 0 aliphatic heterocycles. The highest BCUT2D eigenvalue weighted by Crippen LogP contribution is 2.24. The normalized spacial score (nSPS) is 11.3. The quantitative estimate of drug-likeness (QED) is 0.919. The summed E-state index contributed by atoms with van der Waals surface area (Å²) >= 11 is 0. The number of ether oxygens (including phenoxy) is 1. The summed E-state index contributed by atoms with van der Waals surface area (Å²) in [5.41, 5.74) is 6.55. The molecule has 0 amide bonds. The molecular weight excluding hydrogens is 274 g/mol. The van der Waals surface area contributed by atoms with Crippen molar-refractivity contribution >= 4 is 9.84 Å². The molecule has 2 aromatic rings. The van der Waals surface area contributed by atoms with Gasteiger partial charge in [0.1, 0.15) is 11.5 Å². The van der Waals surface area contributed by atoms with E-state index in [-0.39, 0.29) is 5.75 Å². The van der Waals surface area contributed by atoms with Gasteiger partial charge in [-0.2, -0.15) is 0 Å². The minimum absolute atomic E-state index is 0.0890. The van der Waals surface area contributed by atoms with Crippen molar-refractivity contribution in [2.75, 3.05) is 5.75 Å². The summed E-state index contributed by atoms with van der Waals surface area (Å²) in [5, 5.41) is 0. The fourth-order valence-electron chi connectivity index (χ4n) is 1.75. The van der Waals surface area contributed by atoms with Crippen LogP contribution in [0.5, 0.6) is 11.5 Å². The molecular formula is C15H17NO3S. The molecule has 0 atom stereocenters. The maximum Gasteiger partial charge on any atom is 0.178 e. The van der Waals surface area contributed by atoms with E-state index >= 15 is 0 Å². The zero-order valence-electron chi connectivity index (χ0n) is 11.2. The summed E-state index contributed by atoms with van der Waals surface area (Å²) in [6.45, 7) is 2.07. The molecule has 0 unspecified atom stereocenters. The molecule has 2 N–H and O–H groups in total. The van der Waals surface area contributed by atoms with Crippen molar-refractivity contribution in [3.05, 3.63) is 54.1 Å². The van der Waals surface area contributed by atoms with Crippen LogP contribution in [-0.4, -0.2) is 14.2 Å². The van der Waals surface area contributed by atoms with Gasteiger partial charge < -0.3 is 10.5 Å². The molecule has 4 nitrogen and oxygen atoms in total. The maximum atomic E-state index is 11.7. The van der Waals surface area contributed by atoms with E-state index in [2.05, 4.69) is 0 Å². The SMILES string of the molecule is CCS(=O)(=O)c1ccc(Oc2cccc(CN)c2)cc1. The van der Waals surface area contributed by atoms with Crippen molar-refractivity contribution in [3.63, 3.8) is 0 Å². The number of benzene rings is 2. The van der Waals surface area contributed by atoms with Crippen LogP contribution in [0.4, 0.5) is 0 Å². The molecule has 0 aliphatic rings. The van der Waals surface area contributed by atoms with Crippen LogP contribution in [0.25, 0.3) is 0 Å².